The number of ether oxygens (including phenoxy) is 1. The molecule has 5 heteroatoms. The molecule has 1 rings (SSSR count). The molecule has 0 aromatic rings. The Morgan fingerprint density at radius 3 is 2.56 bits per heavy atom. The smallest absolute Gasteiger partial charge is 0.410 e. The lowest BCUT2D eigenvalue weighted by Gasteiger charge is -2.28. The number of amides is 1. The second kappa shape index (κ2) is 6.38. The molecular weight excluding hydrogens is 232 g/mol. The first-order valence-electron chi connectivity index (χ1n) is 6.67. The zero-order valence-electron chi connectivity index (χ0n) is 11.9. The van der Waals surface area contributed by atoms with Gasteiger partial charge in [0, 0.05) is 25.7 Å². The van der Waals surface area contributed by atoms with E-state index in [-0.39, 0.29) is 6.09 Å². The summed E-state index contributed by atoms with van der Waals surface area (Å²) >= 11 is 0. The molecule has 18 heavy (non-hydrogen) atoms. The van der Waals surface area contributed by atoms with Crippen molar-refractivity contribution in [3.05, 3.63) is 0 Å². The van der Waals surface area contributed by atoms with Gasteiger partial charge in [-0.25, -0.2) is 4.79 Å². The number of aliphatic hydroxyl groups is 1. The van der Waals surface area contributed by atoms with Gasteiger partial charge in [0.2, 0.25) is 0 Å². The molecule has 0 spiro atoms. The van der Waals surface area contributed by atoms with Crippen LogP contribution in [0.2, 0.25) is 0 Å². The summed E-state index contributed by atoms with van der Waals surface area (Å²) in [5.41, 5.74) is -0.502. The van der Waals surface area contributed by atoms with Crippen molar-refractivity contribution in [1.29, 1.82) is 0 Å². The van der Waals surface area contributed by atoms with Crippen molar-refractivity contribution in [2.75, 3.05) is 19.6 Å². The number of carbonyl (C=O) groups excluding carboxylic acids is 1. The lowest BCUT2D eigenvalue weighted by Crippen LogP contribution is -2.43. The normalized spacial score (nSPS) is 17.4. The van der Waals surface area contributed by atoms with Gasteiger partial charge in [-0.2, -0.15) is 0 Å². The maximum Gasteiger partial charge on any atom is 0.410 e. The van der Waals surface area contributed by atoms with Gasteiger partial charge in [-0.3, -0.25) is 0 Å². The van der Waals surface area contributed by atoms with Crippen molar-refractivity contribution in [2.45, 2.75) is 58.3 Å². The van der Waals surface area contributed by atoms with Crippen LogP contribution in [-0.4, -0.2) is 53.5 Å². The third-order valence-electron chi connectivity index (χ3n) is 2.53. The van der Waals surface area contributed by atoms with E-state index in [0.717, 1.165) is 6.54 Å². The first-order chi connectivity index (χ1) is 8.28. The Bertz CT molecular complexity index is 270. The van der Waals surface area contributed by atoms with Crippen LogP contribution in [0.5, 0.6) is 0 Å². The highest BCUT2D eigenvalue weighted by atomic mass is 16.6. The first kappa shape index (κ1) is 15.2. The average molecular weight is 258 g/mol. The highest BCUT2D eigenvalue weighted by Gasteiger charge is 2.24. The molecule has 1 aliphatic rings. The standard InChI is InChI=1S/C13H26N2O3/c1-10(16)9-15(8-7-14-11-5-6-11)12(17)18-13(2,3)4/h10-11,14,16H,5-9H2,1-4H3. The Morgan fingerprint density at radius 1 is 1.50 bits per heavy atom. The van der Waals surface area contributed by atoms with Crippen molar-refractivity contribution >= 4 is 6.09 Å². The van der Waals surface area contributed by atoms with Crippen molar-refractivity contribution in [2.24, 2.45) is 0 Å². The van der Waals surface area contributed by atoms with E-state index in [4.69, 9.17) is 4.74 Å². The predicted octanol–water partition coefficient (Wildman–Crippen LogP) is 1.36. The van der Waals surface area contributed by atoms with E-state index in [2.05, 4.69) is 5.32 Å². The number of rotatable bonds is 6. The van der Waals surface area contributed by atoms with Gasteiger partial charge in [-0.1, -0.05) is 0 Å². The molecule has 1 atom stereocenters. The number of hydrogen-bond acceptors (Lipinski definition) is 4. The van der Waals surface area contributed by atoms with E-state index in [1.165, 1.54) is 12.8 Å². The van der Waals surface area contributed by atoms with Crippen LogP contribution in [-0.2, 0) is 4.74 Å². The maximum absolute atomic E-state index is 12.0. The molecule has 0 aromatic heterocycles. The largest absolute Gasteiger partial charge is 0.444 e. The molecule has 0 saturated heterocycles. The minimum atomic E-state index is -0.543. The molecule has 1 amide bonds. The zero-order chi connectivity index (χ0) is 13.8. The summed E-state index contributed by atoms with van der Waals surface area (Å²) < 4.78 is 5.32. The molecule has 5 nitrogen and oxygen atoms in total. The fourth-order valence-corrected chi connectivity index (χ4v) is 1.59. The van der Waals surface area contributed by atoms with Crippen LogP contribution in [0.25, 0.3) is 0 Å². The van der Waals surface area contributed by atoms with Crippen LogP contribution in [0.1, 0.15) is 40.5 Å². The molecule has 1 saturated carbocycles. The van der Waals surface area contributed by atoms with Crippen molar-refractivity contribution < 1.29 is 14.6 Å². The van der Waals surface area contributed by atoms with Crippen LogP contribution in [0.4, 0.5) is 4.79 Å². The van der Waals surface area contributed by atoms with Crippen LogP contribution in [0, 0.1) is 0 Å². The predicted molar refractivity (Wildman–Crippen MR) is 70.5 cm³/mol. The van der Waals surface area contributed by atoms with Gasteiger partial charge in [0.15, 0.2) is 0 Å². The van der Waals surface area contributed by atoms with Gasteiger partial charge in [0.05, 0.1) is 6.10 Å². The van der Waals surface area contributed by atoms with Crippen LogP contribution in [0.3, 0.4) is 0 Å². The van der Waals surface area contributed by atoms with E-state index < -0.39 is 11.7 Å². The summed E-state index contributed by atoms with van der Waals surface area (Å²) in [6.07, 6.45) is 1.55. The third kappa shape index (κ3) is 6.81. The lowest BCUT2D eigenvalue weighted by molar-refractivity contribution is 0.0164. The quantitative estimate of drug-likeness (QED) is 0.755. The van der Waals surface area contributed by atoms with E-state index in [0.29, 0.717) is 19.1 Å². The lowest BCUT2D eigenvalue weighted by atomic mass is 10.2. The highest BCUT2D eigenvalue weighted by Crippen LogP contribution is 2.18. The van der Waals surface area contributed by atoms with Crippen LogP contribution >= 0.6 is 0 Å². The number of nitrogens with one attached hydrogen (secondary N) is 1. The van der Waals surface area contributed by atoms with Gasteiger partial charge >= 0.3 is 6.09 Å². The summed E-state index contributed by atoms with van der Waals surface area (Å²) in [7, 11) is 0. The Kier molecular flexibility index (Phi) is 5.41. The molecule has 1 unspecified atom stereocenters. The monoisotopic (exact) mass is 258 g/mol. The molecule has 2 N–H and O–H groups in total. The topological polar surface area (TPSA) is 61.8 Å². The second-order valence-electron chi connectivity index (χ2n) is 6.00. The summed E-state index contributed by atoms with van der Waals surface area (Å²) in [5.74, 6) is 0. The second-order valence-corrected chi connectivity index (χ2v) is 6.00. The van der Waals surface area contributed by atoms with Gasteiger partial charge in [-0.05, 0) is 40.5 Å². The average Bonchev–Trinajstić information content (AvgIpc) is 2.96. The SMILES string of the molecule is CC(O)CN(CCNC1CC1)C(=O)OC(C)(C)C. The number of nitrogens with zero attached hydrogens (tertiary/aromatic N) is 1. The van der Waals surface area contributed by atoms with E-state index in [1.54, 1.807) is 11.8 Å². The van der Waals surface area contributed by atoms with E-state index in [9.17, 15) is 9.90 Å². The minimum Gasteiger partial charge on any atom is -0.444 e. The number of carbonyl (C=O) groups is 1. The molecule has 0 heterocycles. The van der Waals surface area contributed by atoms with Gasteiger partial charge < -0.3 is 20.1 Å². The van der Waals surface area contributed by atoms with Gasteiger partial charge in [-0.15, -0.1) is 0 Å². The Hall–Kier alpha value is -0.810. The fraction of sp³-hybridized carbons (Fsp3) is 0.923. The Balaban J connectivity index is 2.39. The fourth-order valence-electron chi connectivity index (χ4n) is 1.59. The summed E-state index contributed by atoms with van der Waals surface area (Å²) in [6.45, 7) is 8.82. The first-order valence-corrected chi connectivity index (χ1v) is 6.67. The number of hydrogen-bond donors (Lipinski definition) is 2. The molecule has 0 radical (unpaired) electrons. The summed E-state index contributed by atoms with van der Waals surface area (Å²) in [5, 5.41) is 12.8. The number of aliphatic hydroxyl groups excluding tert-OH is 1. The highest BCUT2D eigenvalue weighted by molar-refractivity contribution is 5.68. The molecule has 1 fully saturated rings. The summed E-state index contributed by atoms with van der Waals surface area (Å²) in [4.78, 5) is 13.5. The van der Waals surface area contributed by atoms with Gasteiger partial charge in [0.25, 0.3) is 0 Å². The Morgan fingerprint density at radius 2 is 2.11 bits per heavy atom. The molecule has 106 valence electrons. The van der Waals surface area contributed by atoms with Gasteiger partial charge in [0.1, 0.15) is 5.60 Å². The molecule has 0 bridgehead atoms. The molecule has 0 aliphatic heterocycles. The third-order valence-corrected chi connectivity index (χ3v) is 2.53. The maximum atomic E-state index is 12.0. The minimum absolute atomic E-state index is 0.307. The van der Waals surface area contributed by atoms with Crippen molar-refractivity contribution in [1.82, 2.24) is 10.2 Å². The molecular formula is C13H26N2O3. The van der Waals surface area contributed by atoms with Crippen molar-refractivity contribution in [3.8, 4) is 0 Å². The molecule has 1 aliphatic carbocycles. The zero-order valence-corrected chi connectivity index (χ0v) is 11.9. The molecule has 0 aromatic carbocycles. The van der Waals surface area contributed by atoms with Crippen LogP contribution in [0.15, 0.2) is 0 Å². The van der Waals surface area contributed by atoms with E-state index in [1.807, 2.05) is 20.8 Å². The van der Waals surface area contributed by atoms with E-state index >= 15 is 0 Å². The Labute approximate surface area is 109 Å². The summed E-state index contributed by atoms with van der Waals surface area (Å²) in [6, 6.07) is 0.622. The van der Waals surface area contributed by atoms with Crippen LogP contribution < -0.4 is 5.32 Å². The van der Waals surface area contributed by atoms with Crippen molar-refractivity contribution in [3.63, 3.8) is 0 Å².